The minimum atomic E-state index is -0.0936. The number of para-hydroxylation sites is 1. The molecule has 1 N–H and O–H groups in total. The third kappa shape index (κ3) is 4.84. The Balaban J connectivity index is 1.30. The van der Waals surface area contributed by atoms with E-state index >= 15 is 0 Å². The van der Waals surface area contributed by atoms with Gasteiger partial charge in [0.05, 0.1) is 0 Å². The molecule has 1 aliphatic heterocycles. The van der Waals surface area contributed by atoms with Crippen LogP contribution in [0.15, 0.2) is 79.1 Å². The number of carbonyl (C=O) groups excluding carboxylic acids is 2. The molecule has 0 aliphatic carbocycles. The summed E-state index contributed by atoms with van der Waals surface area (Å²) < 4.78 is 5.77. The van der Waals surface area contributed by atoms with E-state index in [0.29, 0.717) is 37.2 Å². The van der Waals surface area contributed by atoms with E-state index in [1.54, 1.807) is 48.8 Å². The van der Waals surface area contributed by atoms with Crippen molar-refractivity contribution in [3.05, 3.63) is 84.7 Å². The lowest BCUT2D eigenvalue weighted by Crippen LogP contribution is -2.41. The van der Waals surface area contributed by atoms with Crippen molar-refractivity contribution in [1.82, 2.24) is 9.88 Å². The smallest absolute Gasteiger partial charge is 0.253 e. The van der Waals surface area contributed by atoms with Crippen LogP contribution in [-0.4, -0.2) is 34.8 Å². The Labute approximate surface area is 175 Å². The fraction of sp³-hybridized carbons (Fsp3) is 0.208. The number of likely N-dealkylation sites (tertiary alicyclic amines) is 1. The molecule has 6 heteroatoms. The van der Waals surface area contributed by atoms with E-state index in [2.05, 4.69) is 10.3 Å². The molecular weight excluding hydrogens is 378 g/mol. The first-order valence-electron chi connectivity index (χ1n) is 10.0. The van der Waals surface area contributed by atoms with E-state index in [9.17, 15) is 9.59 Å². The maximum Gasteiger partial charge on any atom is 0.253 e. The fourth-order valence-electron chi connectivity index (χ4n) is 3.50. The van der Waals surface area contributed by atoms with Gasteiger partial charge in [0.25, 0.3) is 5.91 Å². The quantitative estimate of drug-likeness (QED) is 0.689. The van der Waals surface area contributed by atoms with Gasteiger partial charge in [-0.25, -0.2) is 0 Å². The summed E-state index contributed by atoms with van der Waals surface area (Å²) in [4.78, 5) is 31.0. The van der Waals surface area contributed by atoms with Crippen molar-refractivity contribution in [2.24, 2.45) is 5.92 Å². The minimum Gasteiger partial charge on any atom is -0.457 e. The Morgan fingerprint density at radius 2 is 1.50 bits per heavy atom. The zero-order valence-corrected chi connectivity index (χ0v) is 16.5. The molecule has 0 saturated carbocycles. The van der Waals surface area contributed by atoms with Crippen molar-refractivity contribution < 1.29 is 14.3 Å². The maximum atomic E-state index is 12.8. The molecule has 2 heterocycles. The van der Waals surface area contributed by atoms with Gasteiger partial charge < -0.3 is 15.0 Å². The van der Waals surface area contributed by atoms with Gasteiger partial charge >= 0.3 is 0 Å². The van der Waals surface area contributed by atoms with Crippen molar-refractivity contribution in [2.45, 2.75) is 12.8 Å². The average Bonchev–Trinajstić information content (AvgIpc) is 2.80. The summed E-state index contributed by atoms with van der Waals surface area (Å²) in [7, 11) is 0. The minimum absolute atomic E-state index is 0.00397. The molecule has 0 spiro atoms. The molecule has 0 unspecified atom stereocenters. The Kier molecular flexibility index (Phi) is 6.03. The van der Waals surface area contributed by atoms with Crippen LogP contribution in [0.3, 0.4) is 0 Å². The predicted molar refractivity (Wildman–Crippen MR) is 114 cm³/mol. The highest BCUT2D eigenvalue weighted by atomic mass is 16.5. The molecule has 30 heavy (non-hydrogen) atoms. The Hall–Kier alpha value is -3.67. The molecule has 4 rings (SSSR count). The molecule has 1 aromatic heterocycles. The van der Waals surface area contributed by atoms with E-state index < -0.39 is 0 Å². The van der Waals surface area contributed by atoms with Gasteiger partial charge in [-0.2, -0.15) is 0 Å². The largest absolute Gasteiger partial charge is 0.457 e. The summed E-state index contributed by atoms with van der Waals surface area (Å²) >= 11 is 0. The molecule has 2 aromatic carbocycles. The van der Waals surface area contributed by atoms with E-state index in [4.69, 9.17) is 4.74 Å². The molecule has 0 bridgehead atoms. The van der Waals surface area contributed by atoms with Gasteiger partial charge in [0, 0.05) is 42.7 Å². The number of pyridine rings is 1. The fourth-order valence-corrected chi connectivity index (χ4v) is 3.50. The molecule has 2 amide bonds. The van der Waals surface area contributed by atoms with Crippen LogP contribution in [0.4, 0.5) is 5.69 Å². The number of hydrogen-bond donors (Lipinski definition) is 1. The number of ether oxygens (including phenoxy) is 1. The van der Waals surface area contributed by atoms with Crippen molar-refractivity contribution in [1.29, 1.82) is 0 Å². The second kappa shape index (κ2) is 9.22. The number of aromatic nitrogens is 1. The predicted octanol–water partition coefficient (Wildman–Crippen LogP) is 4.36. The highest BCUT2D eigenvalue weighted by Gasteiger charge is 2.27. The number of anilines is 1. The first-order chi connectivity index (χ1) is 14.7. The number of nitrogens with zero attached hydrogens (tertiary/aromatic N) is 2. The molecule has 3 aromatic rings. The third-order valence-corrected chi connectivity index (χ3v) is 5.18. The normalized spacial score (nSPS) is 14.2. The second-order valence-electron chi connectivity index (χ2n) is 7.23. The monoisotopic (exact) mass is 401 g/mol. The number of carbonyl (C=O) groups is 2. The van der Waals surface area contributed by atoms with Gasteiger partial charge in [-0.15, -0.1) is 0 Å². The molecule has 152 valence electrons. The van der Waals surface area contributed by atoms with Gasteiger partial charge in [-0.05, 0) is 61.4 Å². The summed E-state index contributed by atoms with van der Waals surface area (Å²) in [5, 5.41) is 2.92. The number of hydrogen-bond acceptors (Lipinski definition) is 4. The SMILES string of the molecule is O=C(Nc1ccncc1)C1CCN(C(=O)c2ccc(Oc3ccccc3)cc2)CC1. The second-order valence-corrected chi connectivity index (χ2v) is 7.23. The number of piperidine rings is 1. The highest BCUT2D eigenvalue weighted by molar-refractivity contribution is 5.95. The zero-order valence-electron chi connectivity index (χ0n) is 16.5. The van der Waals surface area contributed by atoms with Crippen molar-refractivity contribution in [2.75, 3.05) is 18.4 Å². The van der Waals surface area contributed by atoms with E-state index in [-0.39, 0.29) is 17.7 Å². The summed E-state index contributed by atoms with van der Waals surface area (Å²) in [5.41, 5.74) is 1.36. The van der Waals surface area contributed by atoms with Crippen LogP contribution < -0.4 is 10.1 Å². The first kappa shape index (κ1) is 19.6. The van der Waals surface area contributed by atoms with Crippen molar-refractivity contribution >= 4 is 17.5 Å². The third-order valence-electron chi connectivity index (χ3n) is 5.18. The van der Waals surface area contributed by atoms with Crippen LogP contribution in [0.5, 0.6) is 11.5 Å². The summed E-state index contributed by atoms with van der Waals surface area (Å²) in [6.45, 7) is 1.13. The van der Waals surface area contributed by atoms with Crippen LogP contribution >= 0.6 is 0 Å². The van der Waals surface area contributed by atoms with E-state index in [1.807, 2.05) is 35.2 Å². The molecule has 6 nitrogen and oxygen atoms in total. The molecule has 1 aliphatic rings. The van der Waals surface area contributed by atoms with Crippen molar-refractivity contribution in [3.63, 3.8) is 0 Å². The topological polar surface area (TPSA) is 71.5 Å². The lowest BCUT2D eigenvalue weighted by Gasteiger charge is -2.31. The highest BCUT2D eigenvalue weighted by Crippen LogP contribution is 2.24. The summed E-state index contributed by atoms with van der Waals surface area (Å²) in [5.74, 6) is 1.32. The molecule has 0 radical (unpaired) electrons. The Morgan fingerprint density at radius 1 is 0.867 bits per heavy atom. The van der Waals surface area contributed by atoms with Gasteiger partial charge in [-0.3, -0.25) is 14.6 Å². The average molecular weight is 401 g/mol. The lowest BCUT2D eigenvalue weighted by atomic mass is 9.95. The Bertz CT molecular complexity index is 983. The number of rotatable bonds is 5. The number of benzene rings is 2. The first-order valence-corrected chi connectivity index (χ1v) is 10.0. The molecule has 0 atom stereocenters. The van der Waals surface area contributed by atoms with E-state index in [0.717, 1.165) is 11.4 Å². The maximum absolute atomic E-state index is 12.8. The van der Waals surface area contributed by atoms with Crippen LogP contribution in [0.25, 0.3) is 0 Å². The summed E-state index contributed by atoms with van der Waals surface area (Å²) in [6, 6.07) is 20.2. The Morgan fingerprint density at radius 3 is 2.17 bits per heavy atom. The zero-order chi connectivity index (χ0) is 20.8. The van der Waals surface area contributed by atoms with E-state index in [1.165, 1.54) is 0 Å². The molecule has 1 fully saturated rings. The number of nitrogens with one attached hydrogen (secondary N) is 1. The molecular formula is C24H23N3O3. The summed E-state index contributed by atoms with van der Waals surface area (Å²) in [6.07, 6.45) is 4.59. The van der Waals surface area contributed by atoms with Gasteiger partial charge in [0.1, 0.15) is 11.5 Å². The van der Waals surface area contributed by atoms with Crippen LogP contribution in [0.2, 0.25) is 0 Å². The van der Waals surface area contributed by atoms with Crippen molar-refractivity contribution in [3.8, 4) is 11.5 Å². The van der Waals surface area contributed by atoms with Gasteiger partial charge in [0.2, 0.25) is 5.91 Å². The van der Waals surface area contributed by atoms with Gasteiger partial charge in [0.15, 0.2) is 0 Å². The van der Waals surface area contributed by atoms with Crippen LogP contribution in [-0.2, 0) is 4.79 Å². The lowest BCUT2D eigenvalue weighted by molar-refractivity contribution is -0.121. The van der Waals surface area contributed by atoms with Crippen LogP contribution in [0.1, 0.15) is 23.2 Å². The number of amides is 2. The van der Waals surface area contributed by atoms with Gasteiger partial charge in [-0.1, -0.05) is 18.2 Å². The molecule has 1 saturated heterocycles. The van der Waals surface area contributed by atoms with Crippen LogP contribution in [0, 0.1) is 5.92 Å². The standard InChI is InChI=1S/C24H23N3O3/c28-23(26-20-10-14-25-15-11-20)18-12-16-27(17-13-18)24(29)19-6-8-22(9-7-19)30-21-4-2-1-3-5-21/h1-11,14-15,18H,12-13,16-17H2,(H,25,26,28).